The van der Waals surface area contributed by atoms with E-state index in [0.717, 1.165) is 52.7 Å². The number of Topliss-reactive ketones (excluding diaryl/α,β-unsaturated/α-hetero) is 1. The van der Waals surface area contributed by atoms with Crippen molar-refractivity contribution in [2.75, 3.05) is 6.54 Å². The maximum absolute atomic E-state index is 14.3. The molecule has 4 aromatic rings. The van der Waals surface area contributed by atoms with Crippen LogP contribution in [0, 0.1) is 23.5 Å². The van der Waals surface area contributed by atoms with Crippen molar-refractivity contribution in [2.45, 2.75) is 38.4 Å². The van der Waals surface area contributed by atoms with Crippen LogP contribution in [0.5, 0.6) is 0 Å². The first kappa shape index (κ1) is 23.4. The van der Waals surface area contributed by atoms with Crippen LogP contribution in [0.3, 0.4) is 0 Å². The van der Waals surface area contributed by atoms with Gasteiger partial charge in [-0.05, 0) is 60.6 Å². The summed E-state index contributed by atoms with van der Waals surface area (Å²) in [5, 5.41) is 5.52. The minimum absolute atomic E-state index is 0.122. The molecule has 7 heteroatoms. The van der Waals surface area contributed by atoms with Crippen molar-refractivity contribution in [1.82, 2.24) is 14.7 Å². The molecule has 2 aliphatic heterocycles. The summed E-state index contributed by atoms with van der Waals surface area (Å²) in [6, 6.07) is 16.3. The SMILES string of the molecule is Cn1cc2cc(C3=NCc4ccc(C(=O)C[C@@H]5C[C@@H]6C[C@H]5N(Cc5c(F)cccc5F)C6)cc43)ccc2n1. The Morgan fingerprint density at radius 2 is 1.89 bits per heavy atom. The molecule has 0 N–H and O–H groups in total. The molecule has 0 amide bonds. The van der Waals surface area contributed by atoms with Crippen molar-refractivity contribution >= 4 is 22.4 Å². The highest BCUT2D eigenvalue weighted by Crippen LogP contribution is 2.44. The van der Waals surface area contributed by atoms with Crippen molar-refractivity contribution in [3.63, 3.8) is 0 Å². The summed E-state index contributed by atoms with van der Waals surface area (Å²) in [5.74, 6) is -0.201. The number of carbonyl (C=O) groups is 1. The van der Waals surface area contributed by atoms with Gasteiger partial charge in [-0.2, -0.15) is 5.10 Å². The summed E-state index contributed by atoms with van der Waals surface area (Å²) in [6.07, 6.45) is 4.43. The van der Waals surface area contributed by atoms with Gasteiger partial charge in [0.15, 0.2) is 5.78 Å². The van der Waals surface area contributed by atoms with Crippen LogP contribution in [0.25, 0.3) is 10.9 Å². The van der Waals surface area contributed by atoms with Crippen molar-refractivity contribution in [1.29, 1.82) is 0 Å². The van der Waals surface area contributed by atoms with Gasteiger partial charge >= 0.3 is 0 Å². The van der Waals surface area contributed by atoms with Gasteiger partial charge in [0.2, 0.25) is 0 Å². The van der Waals surface area contributed by atoms with Gasteiger partial charge in [0.05, 0.1) is 17.8 Å². The molecule has 3 atom stereocenters. The molecule has 5 nitrogen and oxygen atoms in total. The predicted molar refractivity (Wildman–Crippen MR) is 142 cm³/mol. The molecule has 1 aliphatic carbocycles. The van der Waals surface area contributed by atoms with Crippen molar-refractivity contribution in [3.8, 4) is 0 Å². The van der Waals surface area contributed by atoms with Crippen LogP contribution in [0.4, 0.5) is 8.78 Å². The fourth-order valence-electron chi connectivity index (χ4n) is 6.82. The lowest BCUT2D eigenvalue weighted by Crippen LogP contribution is -2.38. The highest BCUT2D eigenvalue weighted by Gasteiger charge is 2.45. The number of aliphatic imine (C=N–C) groups is 1. The number of aryl methyl sites for hydroxylation is 1. The Labute approximate surface area is 219 Å². The van der Waals surface area contributed by atoms with Gasteiger partial charge in [0.25, 0.3) is 0 Å². The molecule has 3 aromatic carbocycles. The molecule has 1 saturated heterocycles. The molecule has 1 aromatic heterocycles. The standard InChI is InChI=1S/C31H28F2N4O/c1-36-16-23-11-20(7-8-28(23)35-36)31-24-12-19(5-6-21(24)14-34-31)30(38)13-22-9-18-10-29(22)37(15-18)17-25-26(32)3-2-4-27(25)33/h2-8,11-12,16,18,22,29H,9-10,13-15,17H2,1H3/t18-,22+,29-/m1/s1. The predicted octanol–water partition coefficient (Wildman–Crippen LogP) is 5.69. The lowest BCUT2D eigenvalue weighted by Gasteiger charge is -2.33. The van der Waals surface area contributed by atoms with E-state index in [0.29, 0.717) is 24.4 Å². The third-order valence-corrected chi connectivity index (χ3v) is 8.57. The second kappa shape index (κ2) is 8.95. The van der Waals surface area contributed by atoms with Crippen molar-refractivity contribution in [2.24, 2.45) is 23.9 Å². The van der Waals surface area contributed by atoms with E-state index in [4.69, 9.17) is 4.99 Å². The zero-order valence-electron chi connectivity index (χ0n) is 21.2. The Kier molecular flexibility index (Phi) is 5.51. The van der Waals surface area contributed by atoms with Crippen molar-refractivity contribution < 1.29 is 13.6 Å². The van der Waals surface area contributed by atoms with Gasteiger partial charge in [-0.3, -0.25) is 19.4 Å². The minimum Gasteiger partial charge on any atom is -0.295 e. The number of carbonyl (C=O) groups excluding carboxylic acids is 1. The van der Waals surface area contributed by atoms with Crippen LogP contribution >= 0.6 is 0 Å². The molecule has 1 saturated carbocycles. The Morgan fingerprint density at radius 3 is 2.71 bits per heavy atom. The van der Waals surface area contributed by atoms with Crippen LogP contribution in [-0.2, 0) is 20.1 Å². The minimum atomic E-state index is -0.501. The lowest BCUT2D eigenvalue weighted by atomic mass is 9.89. The number of ketones is 1. The first-order valence-electron chi connectivity index (χ1n) is 13.2. The van der Waals surface area contributed by atoms with Gasteiger partial charge in [-0.25, -0.2) is 8.78 Å². The maximum atomic E-state index is 14.3. The first-order chi connectivity index (χ1) is 18.4. The number of hydrogen-bond acceptors (Lipinski definition) is 4. The van der Waals surface area contributed by atoms with E-state index in [9.17, 15) is 13.6 Å². The average molecular weight is 511 g/mol. The molecule has 2 bridgehead atoms. The van der Waals surface area contributed by atoms with Gasteiger partial charge in [0.1, 0.15) is 11.6 Å². The second-order valence-corrected chi connectivity index (χ2v) is 11.0. The summed E-state index contributed by atoms with van der Waals surface area (Å²) in [7, 11) is 1.91. The van der Waals surface area contributed by atoms with Crippen LogP contribution in [0.1, 0.15) is 51.9 Å². The summed E-state index contributed by atoms with van der Waals surface area (Å²) >= 11 is 0. The molecular formula is C31H28F2N4O. The van der Waals surface area contributed by atoms with E-state index in [2.05, 4.69) is 16.1 Å². The highest BCUT2D eigenvalue weighted by molar-refractivity contribution is 6.17. The number of nitrogens with zero attached hydrogens (tertiary/aromatic N) is 4. The molecule has 0 radical (unpaired) electrons. The highest BCUT2D eigenvalue weighted by atomic mass is 19.1. The number of hydrogen-bond donors (Lipinski definition) is 0. The second-order valence-electron chi connectivity index (χ2n) is 11.0. The average Bonchev–Trinajstić information content (AvgIpc) is 3.67. The zero-order chi connectivity index (χ0) is 26.0. The van der Waals surface area contributed by atoms with E-state index in [-0.39, 0.29) is 29.9 Å². The topological polar surface area (TPSA) is 50.5 Å². The maximum Gasteiger partial charge on any atom is 0.163 e. The smallest absolute Gasteiger partial charge is 0.163 e. The molecule has 3 heterocycles. The molecule has 0 unspecified atom stereocenters. The lowest BCUT2D eigenvalue weighted by molar-refractivity contribution is 0.0890. The number of piperidine rings is 1. The Morgan fingerprint density at radius 1 is 1.05 bits per heavy atom. The van der Waals surface area contributed by atoms with E-state index < -0.39 is 11.6 Å². The third kappa shape index (κ3) is 3.97. The summed E-state index contributed by atoms with van der Waals surface area (Å²) in [6.45, 7) is 1.70. The zero-order valence-corrected chi connectivity index (χ0v) is 21.2. The first-order valence-corrected chi connectivity index (χ1v) is 13.2. The van der Waals surface area contributed by atoms with Crippen LogP contribution in [-0.4, -0.2) is 38.8 Å². The number of likely N-dealkylation sites (tertiary alicyclic amines) is 1. The molecule has 3 aliphatic rings. The van der Waals surface area contributed by atoms with E-state index in [1.54, 1.807) is 4.68 Å². The molecule has 2 fully saturated rings. The molecular weight excluding hydrogens is 482 g/mol. The Bertz CT molecular complexity index is 1600. The van der Waals surface area contributed by atoms with Gasteiger partial charge in [-0.1, -0.05) is 24.3 Å². The largest absolute Gasteiger partial charge is 0.295 e. The Balaban J connectivity index is 1.09. The number of rotatable bonds is 6. The molecule has 7 rings (SSSR count). The van der Waals surface area contributed by atoms with Crippen LogP contribution < -0.4 is 0 Å². The van der Waals surface area contributed by atoms with E-state index in [1.165, 1.54) is 18.2 Å². The van der Waals surface area contributed by atoms with Crippen molar-refractivity contribution in [3.05, 3.63) is 100 Å². The van der Waals surface area contributed by atoms with Crippen LogP contribution in [0.2, 0.25) is 0 Å². The van der Waals surface area contributed by atoms with Gasteiger partial charge in [0, 0.05) is 66.4 Å². The van der Waals surface area contributed by atoms with Gasteiger partial charge < -0.3 is 0 Å². The Hall–Kier alpha value is -3.71. The summed E-state index contributed by atoms with van der Waals surface area (Å²) in [5.41, 5.74) is 5.85. The molecule has 38 heavy (non-hydrogen) atoms. The van der Waals surface area contributed by atoms with Gasteiger partial charge in [-0.15, -0.1) is 0 Å². The number of aromatic nitrogens is 2. The van der Waals surface area contributed by atoms with Crippen LogP contribution in [0.15, 0.2) is 65.8 Å². The molecule has 0 spiro atoms. The fraction of sp³-hybridized carbons (Fsp3) is 0.323. The van der Waals surface area contributed by atoms with E-state index >= 15 is 0 Å². The molecule has 192 valence electrons. The fourth-order valence-corrected chi connectivity index (χ4v) is 6.82. The quantitative estimate of drug-likeness (QED) is 0.314. The third-order valence-electron chi connectivity index (χ3n) is 8.57. The monoisotopic (exact) mass is 510 g/mol. The summed E-state index contributed by atoms with van der Waals surface area (Å²) < 4.78 is 30.4. The number of halogens is 2. The summed E-state index contributed by atoms with van der Waals surface area (Å²) in [4.78, 5) is 20.5. The number of benzene rings is 3. The normalized spacial score (nSPS) is 22.3. The number of fused-ring (bicyclic) bond motifs is 4. The van der Waals surface area contributed by atoms with E-state index in [1.807, 2.05) is 43.6 Å².